The fourth-order valence-corrected chi connectivity index (χ4v) is 4.53. The maximum absolute atomic E-state index is 14.6. The monoisotopic (exact) mass is 460 g/mol. The fourth-order valence-electron chi connectivity index (χ4n) is 2.90. The Labute approximate surface area is 173 Å². The van der Waals surface area contributed by atoms with E-state index in [2.05, 4.69) is 13.2 Å². The topological polar surface area (TPSA) is 40.5 Å². The maximum atomic E-state index is 14.6. The molecule has 2 N–H and O–H groups in total. The fraction of sp³-hybridized carbons (Fsp3) is 0.474. The van der Waals surface area contributed by atoms with Crippen molar-refractivity contribution in [3.63, 3.8) is 0 Å². The number of halogens is 6. The van der Waals surface area contributed by atoms with E-state index < -0.39 is 41.1 Å². The van der Waals surface area contributed by atoms with Crippen LogP contribution in [0, 0.1) is 6.92 Å². The summed E-state index contributed by atoms with van der Waals surface area (Å²) in [4.78, 5) is 0.477. The second-order valence-corrected chi connectivity index (χ2v) is 8.72. The summed E-state index contributed by atoms with van der Waals surface area (Å²) >= 11 is 1.80. The summed E-state index contributed by atoms with van der Waals surface area (Å²) in [6.45, 7) is 8.99. The smallest absolute Gasteiger partial charge is 0.380 e. The molecule has 0 radical (unpaired) electrons. The lowest BCUT2D eigenvalue weighted by Crippen LogP contribution is -2.49. The number of aliphatic hydroxyl groups excluding tert-OH is 2. The molecule has 10 heteroatoms. The van der Waals surface area contributed by atoms with E-state index in [0.29, 0.717) is 0 Å². The largest absolute Gasteiger partial charge is 0.396 e. The van der Waals surface area contributed by atoms with Crippen LogP contribution < -0.4 is 0 Å². The molecule has 0 amide bonds. The summed E-state index contributed by atoms with van der Waals surface area (Å²) in [6, 6.07) is 1.05. The summed E-state index contributed by atoms with van der Waals surface area (Å²) in [6.07, 6.45) is 0. The number of rotatable bonds is 6. The van der Waals surface area contributed by atoms with Crippen LogP contribution in [0.5, 0.6) is 0 Å². The molecule has 0 saturated carbocycles. The zero-order valence-electron chi connectivity index (χ0n) is 16.1. The molecule has 1 aromatic heterocycles. The zero-order valence-corrected chi connectivity index (χ0v) is 17.7. The zero-order chi connectivity index (χ0) is 22.8. The minimum absolute atomic E-state index is 0.107. The molecule has 1 aromatic rings. The van der Waals surface area contributed by atoms with Crippen molar-refractivity contribution in [1.82, 2.24) is 0 Å². The first-order valence-corrected chi connectivity index (χ1v) is 10.2. The molecule has 2 rings (SSSR count). The van der Waals surface area contributed by atoms with Gasteiger partial charge in [-0.05, 0) is 42.9 Å². The van der Waals surface area contributed by atoms with Crippen LogP contribution in [0.2, 0.25) is 0 Å². The van der Waals surface area contributed by atoms with Crippen molar-refractivity contribution in [1.29, 1.82) is 0 Å². The van der Waals surface area contributed by atoms with Gasteiger partial charge < -0.3 is 10.2 Å². The lowest BCUT2D eigenvalue weighted by Gasteiger charge is -2.26. The Hall–Kier alpha value is -1.23. The molecule has 2 nitrogen and oxygen atoms in total. The number of aliphatic hydroxyl groups is 2. The van der Waals surface area contributed by atoms with Crippen molar-refractivity contribution in [3.05, 3.63) is 50.6 Å². The van der Waals surface area contributed by atoms with Gasteiger partial charge in [-0.25, -0.2) is 0 Å². The molecule has 29 heavy (non-hydrogen) atoms. The third-order valence-corrected chi connectivity index (χ3v) is 6.53. The number of alkyl halides is 6. The lowest BCUT2D eigenvalue weighted by molar-refractivity contribution is -0.259. The van der Waals surface area contributed by atoms with E-state index in [-0.39, 0.29) is 32.6 Å². The molecule has 0 fully saturated rings. The first-order chi connectivity index (χ1) is 13.3. The molecular weight excluding hydrogens is 438 g/mol. The van der Waals surface area contributed by atoms with Gasteiger partial charge in [0.15, 0.2) is 0 Å². The molecule has 164 valence electrons. The highest BCUT2D eigenvalue weighted by Crippen LogP contribution is 2.64. The minimum Gasteiger partial charge on any atom is -0.396 e. The third-order valence-electron chi connectivity index (χ3n) is 4.37. The highest BCUT2D eigenvalue weighted by atomic mass is 32.2. The van der Waals surface area contributed by atoms with Gasteiger partial charge in [0.25, 0.3) is 0 Å². The Morgan fingerprint density at radius 3 is 2.07 bits per heavy atom. The molecule has 0 spiro atoms. The van der Waals surface area contributed by atoms with Crippen molar-refractivity contribution >= 4 is 28.7 Å². The van der Waals surface area contributed by atoms with Crippen molar-refractivity contribution in [2.75, 3.05) is 12.4 Å². The quantitative estimate of drug-likeness (QED) is 0.402. The molecule has 1 heterocycles. The van der Waals surface area contributed by atoms with Crippen LogP contribution in [0.1, 0.15) is 29.2 Å². The number of allylic oxidation sites excluding steroid dienone is 4. The van der Waals surface area contributed by atoms with Crippen LogP contribution in [-0.2, 0) is 6.61 Å². The molecule has 0 bridgehead atoms. The van der Waals surface area contributed by atoms with Gasteiger partial charge in [0.1, 0.15) is 0 Å². The van der Waals surface area contributed by atoms with Crippen LogP contribution >= 0.6 is 23.1 Å². The summed E-state index contributed by atoms with van der Waals surface area (Å²) < 4.78 is 86.5. The van der Waals surface area contributed by atoms with E-state index in [9.17, 15) is 31.4 Å². The molecule has 0 aromatic carbocycles. The predicted octanol–water partition coefficient (Wildman–Crippen LogP) is 6.04. The van der Waals surface area contributed by atoms with E-state index in [4.69, 9.17) is 5.11 Å². The summed E-state index contributed by atoms with van der Waals surface area (Å²) in [5.41, 5.74) is -3.60. The molecule has 1 aliphatic carbocycles. The van der Waals surface area contributed by atoms with Crippen LogP contribution in [-0.4, -0.2) is 40.3 Å². The Bertz CT molecular complexity index is 812. The number of hydrogen-bond donors (Lipinski definition) is 2. The second-order valence-electron chi connectivity index (χ2n) is 6.07. The highest BCUT2D eigenvalue weighted by molar-refractivity contribution is 8.03. The van der Waals surface area contributed by atoms with Gasteiger partial charge in [-0.15, -0.1) is 36.3 Å². The van der Waals surface area contributed by atoms with Gasteiger partial charge in [0.05, 0.1) is 13.2 Å². The standard InChI is InChI=1S/C17H18F6O2S2.C2H4/c1-8(9(2)26-5-4-24)13-14(12-6-11(7-25)27-10(12)3)16(20,21)17(22,23)15(13,18)19;1-2/h6,24-25H,4-5,7H2,1-3H3;1-2H2/b9-8+;. The van der Waals surface area contributed by atoms with Crippen molar-refractivity contribution < 1.29 is 36.6 Å². The Kier molecular flexibility index (Phi) is 8.26. The number of aryl methyl sites for hydroxylation is 1. The van der Waals surface area contributed by atoms with Gasteiger partial charge in [-0.2, -0.15) is 26.3 Å². The van der Waals surface area contributed by atoms with Crippen molar-refractivity contribution in [2.24, 2.45) is 0 Å². The van der Waals surface area contributed by atoms with E-state index in [0.717, 1.165) is 36.1 Å². The van der Waals surface area contributed by atoms with Gasteiger partial charge in [-0.1, -0.05) is 0 Å². The average Bonchev–Trinajstić information content (AvgIpc) is 3.08. The average molecular weight is 461 g/mol. The van der Waals surface area contributed by atoms with Gasteiger partial charge in [0, 0.05) is 26.7 Å². The molecular formula is C19H22F6O2S2. The van der Waals surface area contributed by atoms with Crippen LogP contribution in [0.15, 0.2) is 35.3 Å². The Morgan fingerprint density at radius 1 is 1.07 bits per heavy atom. The summed E-state index contributed by atoms with van der Waals surface area (Å²) in [5, 5.41) is 18.0. The second kappa shape index (κ2) is 9.28. The van der Waals surface area contributed by atoms with Crippen molar-refractivity contribution in [3.8, 4) is 0 Å². The first-order valence-electron chi connectivity index (χ1n) is 8.35. The maximum Gasteiger partial charge on any atom is 0.380 e. The molecule has 0 atom stereocenters. The molecule has 0 saturated heterocycles. The minimum atomic E-state index is -5.60. The summed E-state index contributed by atoms with van der Waals surface area (Å²) in [7, 11) is 0. The number of hydrogen-bond acceptors (Lipinski definition) is 4. The molecule has 0 aliphatic heterocycles. The van der Waals surface area contributed by atoms with E-state index >= 15 is 0 Å². The SMILES string of the molecule is C/C(SCCO)=C(/C)C1=C(c2cc(CO)sc2C)C(F)(F)C(F)(F)C1(F)F.C=C. The lowest BCUT2D eigenvalue weighted by atomic mass is 9.95. The van der Waals surface area contributed by atoms with Crippen molar-refractivity contribution in [2.45, 2.75) is 45.1 Å². The number of thioether (sulfide) groups is 1. The predicted molar refractivity (Wildman–Crippen MR) is 106 cm³/mol. The normalized spacial score (nSPS) is 20.2. The van der Waals surface area contributed by atoms with E-state index in [1.807, 2.05) is 0 Å². The Balaban J connectivity index is 0.00000204. The highest BCUT2D eigenvalue weighted by Gasteiger charge is 2.80. The van der Waals surface area contributed by atoms with Crippen LogP contribution in [0.4, 0.5) is 26.3 Å². The van der Waals surface area contributed by atoms with Gasteiger partial charge in [0.2, 0.25) is 0 Å². The molecule has 1 aliphatic rings. The van der Waals surface area contributed by atoms with Crippen LogP contribution in [0.3, 0.4) is 0 Å². The number of thiophene rings is 1. The van der Waals surface area contributed by atoms with Gasteiger partial charge >= 0.3 is 17.8 Å². The van der Waals surface area contributed by atoms with Crippen LogP contribution in [0.25, 0.3) is 5.57 Å². The third kappa shape index (κ3) is 4.17. The van der Waals surface area contributed by atoms with E-state index in [1.165, 1.54) is 13.8 Å². The molecule has 0 unspecified atom stereocenters. The first kappa shape index (κ1) is 25.8. The summed E-state index contributed by atoms with van der Waals surface area (Å²) in [5.74, 6) is -15.7. The van der Waals surface area contributed by atoms with Gasteiger partial charge in [-0.3, -0.25) is 0 Å². The van der Waals surface area contributed by atoms with E-state index in [1.54, 1.807) is 0 Å². The Morgan fingerprint density at radius 2 is 1.62 bits per heavy atom.